The zero-order chi connectivity index (χ0) is 24.4. The molecule has 2 saturated heterocycles. The van der Waals surface area contributed by atoms with Gasteiger partial charge in [-0.2, -0.15) is 0 Å². The predicted molar refractivity (Wildman–Crippen MR) is 124 cm³/mol. The van der Waals surface area contributed by atoms with Crippen LogP contribution < -0.4 is 4.74 Å². The number of hydrogen-bond donors (Lipinski definition) is 4. The van der Waals surface area contributed by atoms with Crippen molar-refractivity contribution in [1.29, 1.82) is 0 Å². The number of aliphatic hydroxyl groups excluding tert-OH is 4. The molecular weight excluding hydrogens is 452 g/mol. The smallest absolute Gasteiger partial charge is 0.229 e. The summed E-state index contributed by atoms with van der Waals surface area (Å²) >= 11 is 0. The van der Waals surface area contributed by atoms with E-state index in [1.54, 1.807) is 6.07 Å². The molecule has 5 fully saturated rings. The van der Waals surface area contributed by atoms with Gasteiger partial charge in [-0.1, -0.05) is 37.8 Å². The van der Waals surface area contributed by atoms with Gasteiger partial charge in [-0.3, -0.25) is 0 Å². The Hall–Kier alpha value is -1.26. The van der Waals surface area contributed by atoms with Crippen LogP contribution >= 0.6 is 0 Å². The molecule has 5 aliphatic rings. The summed E-state index contributed by atoms with van der Waals surface area (Å²) < 4.78 is 11.5. The van der Waals surface area contributed by atoms with Crippen molar-refractivity contribution in [3.8, 4) is 5.75 Å². The van der Waals surface area contributed by atoms with E-state index in [0.29, 0.717) is 23.5 Å². The molecule has 1 aromatic carbocycles. The van der Waals surface area contributed by atoms with Crippen molar-refractivity contribution in [2.24, 2.45) is 23.7 Å². The summed E-state index contributed by atoms with van der Waals surface area (Å²) in [5, 5.41) is 40.1. The molecule has 11 atom stereocenters. The van der Waals surface area contributed by atoms with E-state index < -0.39 is 42.9 Å². The number of ether oxygens (including phenoxy) is 2. The Balaban J connectivity index is 1.28. The van der Waals surface area contributed by atoms with Crippen LogP contribution in [0.3, 0.4) is 0 Å². The minimum Gasteiger partial charge on any atom is -0.462 e. The van der Waals surface area contributed by atoms with Gasteiger partial charge in [0.25, 0.3) is 0 Å². The standard InChI is InChI=1S/C27H38O8/c1-26(27(35-34-26)17-8-5-11-20(27)19-10-3-2-6-15(19)12-17)16-7-4-9-18(13-16)32-25-24(31)23(30)22(29)21(14-28)33-25/h4,7,9,13,15,17,19-25,28-31H,2-3,5-6,8,10-12,14H2,1H3/t15?,17?,19?,20?,21?,22-,23-,24?,25+,26?,27?/m0/s1. The van der Waals surface area contributed by atoms with Crippen LogP contribution in [0.2, 0.25) is 0 Å². The zero-order valence-electron chi connectivity index (χ0n) is 20.3. The Kier molecular flexibility index (Phi) is 6.16. The lowest BCUT2D eigenvalue weighted by molar-refractivity contribution is -0.590. The zero-order valence-corrected chi connectivity index (χ0v) is 20.3. The van der Waals surface area contributed by atoms with E-state index in [1.165, 1.54) is 51.4 Å². The molecule has 8 nitrogen and oxygen atoms in total. The fraction of sp³-hybridized carbons (Fsp3) is 0.778. The molecule has 8 heteroatoms. The molecule has 2 bridgehead atoms. The van der Waals surface area contributed by atoms with Crippen LogP contribution in [0.25, 0.3) is 0 Å². The monoisotopic (exact) mass is 490 g/mol. The van der Waals surface area contributed by atoms with Crippen molar-refractivity contribution < 1.29 is 39.7 Å². The first-order chi connectivity index (χ1) is 16.9. The second-order valence-corrected chi connectivity index (χ2v) is 11.5. The quantitative estimate of drug-likeness (QED) is 0.476. The van der Waals surface area contributed by atoms with E-state index in [9.17, 15) is 20.4 Å². The van der Waals surface area contributed by atoms with Gasteiger partial charge < -0.3 is 29.9 Å². The predicted octanol–water partition coefficient (Wildman–Crippen LogP) is 2.41. The van der Waals surface area contributed by atoms with E-state index in [1.807, 2.05) is 18.2 Å². The Bertz CT molecular complexity index is 924. The van der Waals surface area contributed by atoms with Crippen molar-refractivity contribution in [2.75, 3.05) is 6.61 Å². The molecule has 4 N–H and O–H groups in total. The summed E-state index contributed by atoms with van der Waals surface area (Å²) in [5.41, 5.74) is 0.00262. The summed E-state index contributed by atoms with van der Waals surface area (Å²) in [6.07, 6.45) is 3.48. The maximum Gasteiger partial charge on any atom is 0.229 e. The second-order valence-electron chi connectivity index (χ2n) is 11.5. The molecule has 1 aromatic rings. The maximum absolute atomic E-state index is 10.4. The maximum atomic E-state index is 10.4. The molecule has 3 saturated carbocycles. The Morgan fingerprint density at radius 2 is 1.80 bits per heavy atom. The Morgan fingerprint density at radius 1 is 0.971 bits per heavy atom. The van der Waals surface area contributed by atoms with E-state index in [2.05, 4.69) is 6.92 Å². The lowest BCUT2D eigenvalue weighted by Gasteiger charge is -2.68. The summed E-state index contributed by atoms with van der Waals surface area (Å²) in [6.45, 7) is 1.64. The third-order valence-corrected chi connectivity index (χ3v) is 9.87. The Morgan fingerprint density at radius 3 is 2.57 bits per heavy atom. The normalized spacial score (nSPS) is 49.2. The molecule has 0 amide bonds. The molecule has 8 unspecified atom stereocenters. The highest BCUT2D eigenvalue weighted by atomic mass is 17.3. The number of rotatable bonds is 4. The van der Waals surface area contributed by atoms with Gasteiger partial charge >= 0.3 is 0 Å². The van der Waals surface area contributed by atoms with Gasteiger partial charge in [0.1, 0.15) is 35.8 Å². The first-order valence-corrected chi connectivity index (χ1v) is 13.3. The van der Waals surface area contributed by atoms with Gasteiger partial charge in [0.15, 0.2) is 5.60 Å². The van der Waals surface area contributed by atoms with E-state index >= 15 is 0 Å². The van der Waals surface area contributed by atoms with Gasteiger partial charge in [-0.05, 0) is 74.0 Å². The fourth-order valence-electron chi connectivity index (χ4n) is 8.14. The first kappa shape index (κ1) is 24.1. The van der Waals surface area contributed by atoms with E-state index in [4.69, 9.17) is 19.2 Å². The fourth-order valence-corrected chi connectivity index (χ4v) is 8.14. The van der Waals surface area contributed by atoms with Crippen molar-refractivity contribution in [1.82, 2.24) is 0 Å². The molecule has 0 radical (unpaired) electrons. The van der Waals surface area contributed by atoms with Crippen LogP contribution in [-0.4, -0.2) is 63.3 Å². The third-order valence-electron chi connectivity index (χ3n) is 9.87. The number of hydrogen-bond acceptors (Lipinski definition) is 8. The highest BCUT2D eigenvalue weighted by Crippen LogP contribution is 2.67. The highest BCUT2D eigenvalue weighted by Gasteiger charge is 2.73. The molecular formula is C27H38O8. The largest absolute Gasteiger partial charge is 0.462 e. The second kappa shape index (κ2) is 8.94. The van der Waals surface area contributed by atoms with Crippen LogP contribution in [0.5, 0.6) is 5.75 Å². The van der Waals surface area contributed by atoms with Crippen LogP contribution in [0.4, 0.5) is 0 Å². The van der Waals surface area contributed by atoms with Gasteiger partial charge in [0, 0.05) is 0 Å². The average molecular weight is 491 g/mol. The van der Waals surface area contributed by atoms with Crippen LogP contribution in [0.1, 0.15) is 63.9 Å². The lowest BCUT2D eigenvalue weighted by atomic mass is 9.46. The molecule has 2 heterocycles. The number of aliphatic hydroxyl groups is 4. The van der Waals surface area contributed by atoms with Crippen molar-refractivity contribution in [2.45, 2.75) is 100 Å². The van der Waals surface area contributed by atoms with Crippen molar-refractivity contribution in [3.63, 3.8) is 0 Å². The van der Waals surface area contributed by atoms with Crippen LogP contribution in [0, 0.1) is 23.7 Å². The van der Waals surface area contributed by atoms with Gasteiger partial charge in [-0.25, -0.2) is 9.78 Å². The summed E-state index contributed by atoms with van der Waals surface area (Å²) in [4.78, 5) is 12.2. The first-order valence-electron chi connectivity index (χ1n) is 13.3. The molecule has 3 aliphatic carbocycles. The molecule has 6 rings (SSSR count). The average Bonchev–Trinajstić information content (AvgIpc) is 2.87. The molecule has 2 aliphatic heterocycles. The number of benzene rings is 1. The van der Waals surface area contributed by atoms with Crippen LogP contribution in [0.15, 0.2) is 24.3 Å². The third kappa shape index (κ3) is 3.52. The van der Waals surface area contributed by atoms with Crippen molar-refractivity contribution >= 4 is 0 Å². The van der Waals surface area contributed by atoms with Gasteiger partial charge in [0.2, 0.25) is 6.29 Å². The Labute approximate surface area is 206 Å². The number of fused-ring (bicyclic) bond motifs is 2. The van der Waals surface area contributed by atoms with Gasteiger partial charge in [-0.15, -0.1) is 0 Å². The molecule has 0 aromatic heterocycles. The SMILES string of the molecule is CC1(c2cccc(O[C@@H]3OC(CO)[C@H](O)[C@H](O)C3O)c2)OOC12C1CCCC2C2CCCCC2C1. The summed E-state index contributed by atoms with van der Waals surface area (Å²) in [6, 6.07) is 7.58. The highest BCUT2D eigenvalue weighted by molar-refractivity contribution is 5.37. The molecule has 1 spiro atoms. The molecule has 194 valence electrons. The summed E-state index contributed by atoms with van der Waals surface area (Å²) in [5.74, 6) is 2.90. The lowest BCUT2D eigenvalue weighted by Crippen LogP contribution is -2.74. The van der Waals surface area contributed by atoms with Crippen LogP contribution in [-0.2, 0) is 20.1 Å². The summed E-state index contributed by atoms with van der Waals surface area (Å²) in [7, 11) is 0. The minimum absolute atomic E-state index is 0.342. The van der Waals surface area contributed by atoms with E-state index in [0.717, 1.165) is 11.5 Å². The van der Waals surface area contributed by atoms with E-state index in [-0.39, 0.29) is 5.60 Å². The minimum atomic E-state index is -1.48. The van der Waals surface area contributed by atoms with Crippen molar-refractivity contribution in [3.05, 3.63) is 29.8 Å². The topological polar surface area (TPSA) is 118 Å². The molecule has 35 heavy (non-hydrogen) atoms. The van der Waals surface area contributed by atoms with Gasteiger partial charge in [0.05, 0.1) is 6.61 Å².